The van der Waals surface area contributed by atoms with Crippen LogP contribution in [0, 0.1) is 36.0 Å². The highest BCUT2D eigenvalue weighted by Crippen LogP contribution is 2.44. The first-order valence-electron chi connectivity index (χ1n) is 9.49. The zero-order chi connectivity index (χ0) is 16.9. The van der Waals surface area contributed by atoms with Crippen molar-refractivity contribution in [2.75, 3.05) is 0 Å². The number of nitrogens with zero attached hydrogens (tertiary/aromatic N) is 1. The molecule has 0 saturated heterocycles. The van der Waals surface area contributed by atoms with E-state index in [-0.39, 0.29) is 5.92 Å². The average molecular weight is 325 g/mol. The Balaban J connectivity index is 1.48. The summed E-state index contributed by atoms with van der Waals surface area (Å²) < 4.78 is 13.1. The van der Waals surface area contributed by atoms with Gasteiger partial charge in [0.25, 0.3) is 0 Å². The summed E-state index contributed by atoms with van der Waals surface area (Å²) in [6, 6.07) is 10.7. The van der Waals surface area contributed by atoms with Crippen LogP contribution in [0.3, 0.4) is 0 Å². The van der Waals surface area contributed by atoms with Crippen LogP contribution >= 0.6 is 0 Å². The fraction of sp³-hybridized carbons (Fsp3) is 0.591. The van der Waals surface area contributed by atoms with E-state index in [1.54, 1.807) is 12.1 Å². The summed E-state index contributed by atoms with van der Waals surface area (Å²) in [4.78, 5) is 0. The molecule has 1 aromatic carbocycles. The van der Waals surface area contributed by atoms with Gasteiger partial charge < -0.3 is 0 Å². The summed E-state index contributed by atoms with van der Waals surface area (Å²) in [5.74, 6) is 2.10. The molecule has 2 saturated carbocycles. The van der Waals surface area contributed by atoms with Crippen LogP contribution in [0.1, 0.15) is 68.4 Å². The first kappa shape index (κ1) is 17.2. The molecule has 24 heavy (non-hydrogen) atoms. The number of hydrogen-bond donors (Lipinski definition) is 0. The molecule has 2 aliphatic rings. The lowest BCUT2D eigenvalue weighted by atomic mass is 9.68. The molecular formula is C22H28FN. The van der Waals surface area contributed by atoms with Crippen LogP contribution < -0.4 is 0 Å². The summed E-state index contributed by atoms with van der Waals surface area (Å²) in [6.45, 7) is 2.15. The third-order valence-electron chi connectivity index (χ3n) is 6.29. The molecule has 0 aromatic heterocycles. The minimum atomic E-state index is -0.600. The van der Waals surface area contributed by atoms with E-state index in [9.17, 15) is 4.39 Å². The van der Waals surface area contributed by atoms with Gasteiger partial charge in [0, 0.05) is 0 Å². The van der Waals surface area contributed by atoms with Crippen molar-refractivity contribution >= 4 is 0 Å². The van der Waals surface area contributed by atoms with E-state index in [1.165, 1.54) is 49.7 Å². The summed E-state index contributed by atoms with van der Waals surface area (Å²) in [5.41, 5.74) is 2.85. The molecule has 2 aliphatic carbocycles. The van der Waals surface area contributed by atoms with Crippen LogP contribution in [0.5, 0.6) is 0 Å². The second-order valence-electron chi connectivity index (χ2n) is 7.82. The standard InChI is InChI=1S/C22H28FN/c1-16-2-6-18(7-3-16)20-10-12-21(13-11-20)19-8-4-17(5-9-19)14-22(23)15-24/h2-3,6-7,14,17,19-21H,4-5,8-13H2,1H3/b22-14+. The quantitative estimate of drug-likeness (QED) is 0.586. The zero-order valence-electron chi connectivity index (χ0n) is 14.7. The Bertz CT molecular complexity index is 594. The van der Waals surface area contributed by atoms with Crippen molar-refractivity contribution in [3.05, 3.63) is 47.3 Å². The molecule has 0 radical (unpaired) electrons. The number of aryl methyl sites for hydroxylation is 1. The van der Waals surface area contributed by atoms with Crippen LogP contribution in [0.15, 0.2) is 36.2 Å². The number of hydrogen-bond acceptors (Lipinski definition) is 1. The van der Waals surface area contributed by atoms with Gasteiger partial charge in [0.2, 0.25) is 0 Å². The SMILES string of the molecule is Cc1ccc(C2CCC(C3CCC(/C=C(/F)C#N)CC3)CC2)cc1. The van der Waals surface area contributed by atoms with Crippen LogP contribution in [-0.2, 0) is 0 Å². The maximum atomic E-state index is 13.1. The predicted octanol–water partition coefficient (Wildman–Crippen LogP) is 6.45. The smallest absolute Gasteiger partial charge is 0.195 e. The van der Waals surface area contributed by atoms with Crippen molar-refractivity contribution in [1.82, 2.24) is 0 Å². The summed E-state index contributed by atoms with van der Waals surface area (Å²) in [7, 11) is 0. The fourth-order valence-corrected chi connectivity index (χ4v) is 4.79. The van der Waals surface area contributed by atoms with Gasteiger partial charge in [-0.3, -0.25) is 0 Å². The minimum absolute atomic E-state index is 0.282. The Morgan fingerprint density at radius 1 is 0.958 bits per heavy atom. The van der Waals surface area contributed by atoms with Gasteiger partial charge in [0.15, 0.2) is 5.83 Å². The van der Waals surface area contributed by atoms with E-state index in [1.807, 2.05) is 0 Å². The fourth-order valence-electron chi connectivity index (χ4n) is 4.79. The normalized spacial score (nSPS) is 31.5. The molecule has 1 aromatic rings. The van der Waals surface area contributed by atoms with Gasteiger partial charge in [-0.1, -0.05) is 29.8 Å². The van der Waals surface area contributed by atoms with E-state index in [4.69, 9.17) is 5.26 Å². The van der Waals surface area contributed by atoms with E-state index in [0.717, 1.165) is 30.6 Å². The van der Waals surface area contributed by atoms with Gasteiger partial charge in [0.05, 0.1) is 0 Å². The Kier molecular flexibility index (Phi) is 5.72. The van der Waals surface area contributed by atoms with Gasteiger partial charge in [-0.15, -0.1) is 0 Å². The van der Waals surface area contributed by atoms with E-state index in [0.29, 0.717) is 0 Å². The molecule has 2 fully saturated rings. The number of rotatable bonds is 3. The first-order chi connectivity index (χ1) is 11.7. The van der Waals surface area contributed by atoms with Crippen molar-refractivity contribution < 1.29 is 4.39 Å². The minimum Gasteiger partial charge on any atom is -0.195 e. The second-order valence-corrected chi connectivity index (χ2v) is 7.82. The first-order valence-corrected chi connectivity index (χ1v) is 9.49. The van der Waals surface area contributed by atoms with Crippen molar-refractivity contribution in [2.45, 2.75) is 64.2 Å². The Morgan fingerprint density at radius 3 is 2.04 bits per heavy atom. The molecule has 2 heteroatoms. The maximum Gasteiger partial charge on any atom is 0.196 e. The number of nitriles is 1. The molecule has 0 N–H and O–H groups in total. The second kappa shape index (κ2) is 7.97. The number of allylic oxidation sites excluding steroid dienone is 2. The Labute approximate surface area is 145 Å². The Morgan fingerprint density at radius 2 is 1.50 bits per heavy atom. The lowest BCUT2D eigenvalue weighted by molar-refractivity contribution is 0.171. The van der Waals surface area contributed by atoms with Crippen LogP contribution in [0.4, 0.5) is 4.39 Å². The third-order valence-corrected chi connectivity index (χ3v) is 6.29. The molecule has 3 rings (SSSR count). The average Bonchev–Trinajstić information content (AvgIpc) is 2.63. The van der Waals surface area contributed by atoms with Gasteiger partial charge >= 0.3 is 0 Å². The third kappa shape index (κ3) is 4.26. The number of benzene rings is 1. The Hall–Kier alpha value is -1.62. The largest absolute Gasteiger partial charge is 0.196 e. The lowest BCUT2D eigenvalue weighted by Gasteiger charge is -2.37. The maximum absolute atomic E-state index is 13.1. The molecule has 1 nitrogen and oxygen atoms in total. The summed E-state index contributed by atoms with van der Waals surface area (Å²) >= 11 is 0. The molecule has 0 atom stereocenters. The van der Waals surface area contributed by atoms with E-state index < -0.39 is 5.83 Å². The van der Waals surface area contributed by atoms with Crippen molar-refractivity contribution in [3.8, 4) is 6.07 Å². The highest BCUT2D eigenvalue weighted by molar-refractivity contribution is 5.24. The van der Waals surface area contributed by atoms with E-state index >= 15 is 0 Å². The van der Waals surface area contributed by atoms with Crippen LogP contribution in [0.25, 0.3) is 0 Å². The molecule has 0 unspecified atom stereocenters. The van der Waals surface area contributed by atoms with Gasteiger partial charge in [-0.05, 0) is 93.6 Å². The van der Waals surface area contributed by atoms with Gasteiger partial charge in [0.1, 0.15) is 6.07 Å². The topological polar surface area (TPSA) is 23.8 Å². The van der Waals surface area contributed by atoms with E-state index in [2.05, 4.69) is 31.2 Å². The molecule has 128 valence electrons. The molecule has 0 heterocycles. The molecule has 0 spiro atoms. The van der Waals surface area contributed by atoms with Gasteiger partial charge in [-0.2, -0.15) is 9.65 Å². The summed E-state index contributed by atoms with van der Waals surface area (Å²) in [5, 5.41) is 8.56. The monoisotopic (exact) mass is 325 g/mol. The molecule has 0 amide bonds. The van der Waals surface area contributed by atoms with Crippen molar-refractivity contribution in [1.29, 1.82) is 5.26 Å². The number of halogens is 1. The lowest BCUT2D eigenvalue weighted by Crippen LogP contribution is -2.25. The molecule has 0 bridgehead atoms. The van der Waals surface area contributed by atoms with Gasteiger partial charge in [-0.25, -0.2) is 0 Å². The van der Waals surface area contributed by atoms with Crippen LogP contribution in [0.2, 0.25) is 0 Å². The molecule has 0 aliphatic heterocycles. The zero-order valence-corrected chi connectivity index (χ0v) is 14.7. The molecular weight excluding hydrogens is 297 g/mol. The highest BCUT2D eigenvalue weighted by Gasteiger charge is 2.30. The summed E-state index contributed by atoms with van der Waals surface area (Å²) in [6.07, 6.45) is 11.4. The van der Waals surface area contributed by atoms with Crippen molar-refractivity contribution in [2.24, 2.45) is 17.8 Å². The predicted molar refractivity (Wildman–Crippen MR) is 96.1 cm³/mol. The van der Waals surface area contributed by atoms with Crippen molar-refractivity contribution in [3.63, 3.8) is 0 Å². The highest BCUT2D eigenvalue weighted by atomic mass is 19.1. The van der Waals surface area contributed by atoms with Crippen LogP contribution in [-0.4, -0.2) is 0 Å².